The van der Waals surface area contributed by atoms with E-state index in [4.69, 9.17) is 4.74 Å². The van der Waals surface area contributed by atoms with E-state index in [0.717, 1.165) is 38.2 Å². The largest absolute Gasteiger partial charge is 0.365 e. The normalized spacial score (nSPS) is 49.7. The molecule has 2 nitrogen and oxygen atoms in total. The van der Waals surface area contributed by atoms with Crippen LogP contribution in [-0.4, -0.2) is 17.5 Å². The molecule has 0 aromatic rings. The molecule has 1 saturated carbocycles. The maximum Gasteiger partial charge on any atom is 0.165 e. The molecule has 0 aromatic heterocycles. The fourth-order valence-electron chi connectivity index (χ4n) is 1.88. The number of rotatable bonds is 0. The zero-order chi connectivity index (χ0) is 6.32. The van der Waals surface area contributed by atoms with Crippen molar-refractivity contribution in [1.82, 2.24) is 0 Å². The third kappa shape index (κ3) is 0.864. The van der Waals surface area contributed by atoms with Gasteiger partial charge in [0.15, 0.2) is 5.79 Å². The Hall–Kier alpha value is -0.0800. The van der Waals surface area contributed by atoms with Crippen LogP contribution in [0, 0.1) is 5.92 Å². The van der Waals surface area contributed by atoms with Crippen LogP contribution in [0.1, 0.15) is 25.7 Å². The molecule has 2 fully saturated rings. The van der Waals surface area contributed by atoms with E-state index in [2.05, 4.69) is 0 Å². The van der Waals surface area contributed by atoms with E-state index in [1.54, 1.807) is 0 Å². The van der Waals surface area contributed by atoms with Gasteiger partial charge in [-0.3, -0.25) is 0 Å². The third-order valence-corrected chi connectivity index (χ3v) is 2.45. The minimum absolute atomic E-state index is 0.705. The highest BCUT2D eigenvalue weighted by atomic mass is 16.6. The first kappa shape index (κ1) is 5.69. The van der Waals surface area contributed by atoms with E-state index in [0.29, 0.717) is 0 Å². The molecule has 2 atom stereocenters. The summed E-state index contributed by atoms with van der Waals surface area (Å²) in [4.78, 5) is 0. The lowest BCUT2D eigenvalue weighted by Gasteiger charge is -2.27. The van der Waals surface area contributed by atoms with Gasteiger partial charge in [-0.2, -0.15) is 0 Å². The zero-order valence-electron chi connectivity index (χ0n) is 5.47. The number of ether oxygens (including phenoxy) is 1. The van der Waals surface area contributed by atoms with Crippen molar-refractivity contribution in [1.29, 1.82) is 0 Å². The second-order valence-corrected chi connectivity index (χ2v) is 3.19. The van der Waals surface area contributed by atoms with Crippen LogP contribution in [0.4, 0.5) is 0 Å². The van der Waals surface area contributed by atoms with Crippen LogP contribution < -0.4 is 0 Å². The number of aliphatic hydroxyl groups is 1. The second-order valence-electron chi connectivity index (χ2n) is 3.19. The minimum Gasteiger partial charge on any atom is -0.365 e. The van der Waals surface area contributed by atoms with Crippen molar-refractivity contribution < 1.29 is 9.84 Å². The second kappa shape index (κ2) is 1.70. The molecule has 1 aliphatic heterocycles. The highest BCUT2D eigenvalue weighted by Crippen LogP contribution is 2.40. The molecule has 1 N–H and O–H groups in total. The predicted octanol–water partition coefficient (Wildman–Crippen LogP) is 0.895. The summed E-state index contributed by atoms with van der Waals surface area (Å²) < 4.78 is 5.21. The highest BCUT2D eigenvalue weighted by Gasteiger charge is 2.41. The van der Waals surface area contributed by atoms with E-state index < -0.39 is 5.79 Å². The van der Waals surface area contributed by atoms with Crippen molar-refractivity contribution in [2.75, 3.05) is 6.61 Å². The fraction of sp³-hybridized carbons (Fsp3) is 1.00. The Bertz CT molecular complexity index is 120. The maximum absolute atomic E-state index is 9.50. The molecule has 1 heterocycles. The Morgan fingerprint density at radius 2 is 2.33 bits per heavy atom. The molecular formula is C7H12O2. The summed E-state index contributed by atoms with van der Waals surface area (Å²) >= 11 is 0. The quantitative estimate of drug-likeness (QED) is 0.525. The number of hydrogen-bond donors (Lipinski definition) is 1. The van der Waals surface area contributed by atoms with E-state index in [9.17, 15) is 5.11 Å². The molecular weight excluding hydrogens is 116 g/mol. The summed E-state index contributed by atoms with van der Waals surface area (Å²) in [6.45, 7) is 0.765. The molecule has 2 unspecified atom stereocenters. The Morgan fingerprint density at radius 1 is 1.44 bits per heavy atom. The van der Waals surface area contributed by atoms with E-state index in [1.807, 2.05) is 0 Å². The first-order chi connectivity index (χ1) is 4.29. The van der Waals surface area contributed by atoms with Crippen LogP contribution in [0.15, 0.2) is 0 Å². The average molecular weight is 128 g/mol. The minimum atomic E-state index is -0.705. The lowest BCUT2D eigenvalue weighted by atomic mass is 10.0. The lowest BCUT2D eigenvalue weighted by Crippen LogP contribution is -2.32. The van der Waals surface area contributed by atoms with Gasteiger partial charge in [0.05, 0.1) is 6.61 Å². The molecule has 0 radical (unpaired) electrons. The van der Waals surface area contributed by atoms with Crippen molar-refractivity contribution in [3.8, 4) is 0 Å². The van der Waals surface area contributed by atoms with Gasteiger partial charge in [0.2, 0.25) is 0 Å². The smallest absolute Gasteiger partial charge is 0.165 e. The van der Waals surface area contributed by atoms with Crippen LogP contribution in [-0.2, 0) is 4.74 Å². The standard InChI is InChI=1S/C7H12O2/c8-7-3-1-6(5-7)2-4-9-7/h6,8H,1-5H2. The Kier molecular flexibility index (Phi) is 1.08. The first-order valence-electron chi connectivity index (χ1n) is 3.65. The first-order valence-corrected chi connectivity index (χ1v) is 3.65. The van der Waals surface area contributed by atoms with Crippen molar-refractivity contribution in [2.24, 2.45) is 5.92 Å². The molecule has 1 aliphatic carbocycles. The van der Waals surface area contributed by atoms with Crippen LogP contribution in [0.2, 0.25) is 0 Å². The van der Waals surface area contributed by atoms with Gasteiger partial charge in [-0.15, -0.1) is 0 Å². The zero-order valence-corrected chi connectivity index (χ0v) is 5.47. The molecule has 0 amide bonds. The van der Waals surface area contributed by atoms with Gasteiger partial charge in [0, 0.05) is 12.8 Å². The molecule has 2 rings (SSSR count). The van der Waals surface area contributed by atoms with Gasteiger partial charge in [-0.1, -0.05) is 0 Å². The van der Waals surface area contributed by atoms with Crippen molar-refractivity contribution in [3.05, 3.63) is 0 Å². The molecule has 0 aromatic carbocycles. The van der Waals surface area contributed by atoms with E-state index >= 15 is 0 Å². The lowest BCUT2D eigenvalue weighted by molar-refractivity contribution is -0.213. The molecule has 9 heavy (non-hydrogen) atoms. The van der Waals surface area contributed by atoms with Gasteiger partial charge >= 0.3 is 0 Å². The number of hydrogen-bond acceptors (Lipinski definition) is 2. The summed E-state index contributed by atoms with van der Waals surface area (Å²) in [7, 11) is 0. The summed E-state index contributed by atoms with van der Waals surface area (Å²) in [5.41, 5.74) is 0. The molecule has 52 valence electrons. The van der Waals surface area contributed by atoms with Crippen molar-refractivity contribution in [2.45, 2.75) is 31.5 Å². The van der Waals surface area contributed by atoms with Gasteiger partial charge in [-0.25, -0.2) is 0 Å². The predicted molar refractivity (Wildman–Crippen MR) is 32.9 cm³/mol. The summed E-state index contributed by atoms with van der Waals surface area (Å²) in [6.07, 6.45) is 4.06. The van der Waals surface area contributed by atoms with Gasteiger partial charge in [0.1, 0.15) is 0 Å². The van der Waals surface area contributed by atoms with Gasteiger partial charge < -0.3 is 9.84 Å². The Balaban J connectivity index is 2.13. The Labute approximate surface area is 54.8 Å². The Morgan fingerprint density at radius 3 is 3.00 bits per heavy atom. The van der Waals surface area contributed by atoms with Gasteiger partial charge in [0.25, 0.3) is 0 Å². The molecule has 0 spiro atoms. The van der Waals surface area contributed by atoms with E-state index in [1.165, 1.54) is 0 Å². The SMILES string of the molecule is OC12CCC(CCO1)C2. The molecule has 1 saturated heterocycles. The van der Waals surface area contributed by atoms with E-state index in [-0.39, 0.29) is 0 Å². The van der Waals surface area contributed by atoms with Crippen LogP contribution >= 0.6 is 0 Å². The average Bonchev–Trinajstić information content (AvgIpc) is 2.07. The van der Waals surface area contributed by atoms with Crippen molar-refractivity contribution in [3.63, 3.8) is 0 Å². The summed E-state index contributed by atoms with van der Waals surface area (Å²) in [5.74, 6) is 0.0480. The van der Waals surface area contributed by atoms with Crippen LogP contribution in [0.5, 0.6) is 0 Å². The topological polar surface area (TPSA) is 29.5 Å². The van der Waals surface area contributed by atoms with Crippen molar-refractivity contribution >= 4 is 0 Å². The van der Waals surface area contributed by atoms with Crippen LogP contribution in [0.3, 0.4) is 0 Å². The summed E-state index contributed by atoms with van der Waals surface area (Å²) in [5, 5.41) is 9.50. The fourth-order valence-corrected chi connectivity index (χ4v) is 1.88. The number of fused-ring (bicyclic) bond motifs is 2. The maximum atomic E-state index is 9.50. The monoisotopic (exact) mass is 128 g/mol. The highest BCUT2D eigenvalue weighted by molar-refractivity contribution is 4.85. The van der Waals surface area contributed by atoms with Gasteiger partial charge in [-0.05, 0) is 18.8 Å². The molecule has 2 bridgehead atoms. The molecule has 2 heteroatoms. The van der Waals surface area contributed by atoms with Crippen LogP contribution in [0.25, 0.3) is 0 Å². The summed E-state index contributed by atoms with van der Waals surface area (Å²) in [6, 6.07) is 0. The third-order valence-electron chi connectivity index (χ3n) is 2.45. The molecule has 2 aliphatic rings.